The molecule has 0 aliphatic carbocycles. The molecular formula is C20H26N2O4S. The Bertz CT molecular complexity index is 881. The SMILES string of the molecule is COc1cccc(CCNC(=O)CN(Cc2cccc(C)c2)S(C)(=O)=O)c1. The number of hydrogen-bond acceptors (Lipinski definition) is 4. The first-order valence-corrected chi connectivity index (χ1v) is 10.5. The summed E-state index contributed by atoms with van der Waals surface area (Å²) in [6.45, 7) is 2.34. The van der Waals surface area contributed by atoms with E-state index in [9.17, 15) is 13.2 Å². The topological polar surface area (TPSA) is 75.7 Å². The molecule has 0 saturated carbocycles. The molecule has 7 heteroatoms. The third kappa shape index (κ3) is 7.03. The molecule has 0 fully saturated rings. The largest absolute Gasteiger partial charge is 0.497 e. The summed E-state index contributed by atoms with van der Waals surface area (Å²) in [5.41, 5.74) is 2.93. The molecule has 0 radical (unpaired) electrons. The van der Waals surface area contributed by atoms with Gasteiger partial charge in [-0.3, -0.25) is 4.79 Å². The second-order valence-electron chi connectivity index (χ2n) is 6.47. The van der Waals surface area contributed by atoms with Crippen LogP contribution in [0, 0.1) is 6.92 Å². The number of benzene rings is 2. The number of nitrogens with one attached hydrogen (secondary N) is 1. The first-order valence-electron chi connectivity index (χ1n) is 8.68. The molecule has 0 aromatic heterocycles. The molecule has 0 unspecified atom stereocenters. The number of aryl methyl sites for hydroxylation is 1. The maximum absolute atomic E-state index is 12.2. The molecule has 0 aliphatic rings. The van der Waals surface area contributed by atoms with E-state index in [1.165, 1.54) is 4.31 Å². The molecule has 2 aromatic rings. The summed E-state index contributed by atoms with van der Waals surface area (Å²) in [4.78, 5) is 12.2. The predicted octanol–water partition coefficient (Wildman–Crippen LogP) is 2.12. The minimum Gasteiger partial charge on any atom is -0.497 e. The summed E-state index contributed by atoms with van der Waals surface area (Å²) < 4.78 is 30.5. The summed E-state index contributed by atoms with van der Waals surface area (Å²) in [6, 6.07) is 15.2. The van der Waals surface area contributed by atoms with Crippen LogP contribution in [0.3, 0.4) is 0 Å². The molecule has 0 atom stereocenters. The van der Waals surface area contributed by atoms with Crippen molar-refractivity contribution in [2.24, 2.45) is 0 Å². The molecule has 2 rings (SSSR count). The maximum atomic E-state index is 12.2. The summed E-state index contributed by atoms with van der Waals surface area (Å²) >= 11 is 0. The van der Waals surface area contributed by atoms with E-state index < -0.39 is 10.0 Å². The molecule has 0 bridgehead atoms. The summed E-state index contributed by atoms with van der Waals surface area (Å²) in [5, 5.41) is 2.78. The Labute approximate surface area is 161 Å². The van der Waals surface area contributed by atoms with E-state index in [0.29, 0.717) is 13.0 Å². The van der Waals surface area contributed by atoms with Crippen molar-refractivity contribution < 1.29 is 17.9 Å². The third-order valence-electron chi connectivity index (χ3n) is 4.10. The summed E-state index contributed by atoms with van der Waals surface area (Å²) in [7, 11) is -1.90. The van der Waals surface area contributed by atoms with Gasteiger partial charge in [-0.2, -0.15) is 4.31 Å². The van der Waals surface area contributed by atoms with Gasteiger partial charge in [0.15, 0.2) is 0 Å². The van der Waals surface area contributed by atoms with E-state index in [0.717, 1.165) is 28.7 Å². The second-order valence-corrected chi connectivity index (χ2v) is 8.45. The van der Waals surface area contributed by atoms with Crippen LogP contribution in [-0.2, 0) is 27.8 Å². The zero-order valence-electron chi connectivity index (χ0n) is 15.9. The van der Waals surface area contributed by atoms with Crippen molar-refractivity contribution in [2.75, 3.05) is 26.5 Å². The zero-order valence-corrected chi connectivity index (χ0v) is 16.8. The number of carbonyl (C=O) groups is 1. The van der Waals surface area contributed by atoms with Gasteiger partial charge in [-0.15, -0.1) is 0 Å². The summed E-state index contributed by atoms with van der Waals surface area (Å²) in [5.74, 6) is 0.441. The van der Waals surface area contributed by atoms with Gasteiger partial charge in [-0.25, -0.2) is 8.42 Å². The average Bonchev–Trinajstić information content (AvgIpc) is 2.60. The third-order valence-corrected chi connectivity index (χ3v) is 5.30. The molecular weight excluding hydrogens is 364 g/mol. The lowest BCUT2D eigenvalue weighted by atomic mass is 10.1. The highest BCUT2D eigenvalue weighted by Crippen LogP contribution is 2.13. The van der Waals surface area contributed by atoms with Crippen molar-refractivity contribution in [1.82, 2.24) is 9.62 Å². The number of sulfonamides is 1. The highest BCUT2D eigenvalue weighted by molar-refractivity contribution is 7.88. The van der Waals surface area contributed by atoms with E-state index >= 15 is 0 Å². The smallest absolute Gasteiger partial charge is 0.235 e. The number of ether oxygens (including phenoxy) is 1. The quantitative estimate of drug-likeness (QED) is 0.712. The number of hydrogen-bond donors (Lipinski definition) is 1. The fourth-order valence-electron chi connectivity index (χ4n) is 2.69. The highest BCUT2D eigenvalue weighted by Gasteiger charge is 2.20. The van der Waals surface area contributed by atoms with Gasteiger partial charge in [0.05, 0.1) is 19.9 Å². The van der Waals surface area contributed by atoms with Crippen LogP contribution in [0.15, 0.2) is 48.5 Å². The van der Waals surface area contributed by atoms with Crippen molar-refractivity contribution >= 4 is 15.9 Å². The number of methoxy groups -OCH3 is 1. The van der Waals surface area contributed by atoms with Crippen molar-refractivity contribution in [3.63, 3.8) is 0 Å². The average molecular weight is 391 g/mol. The van der Waals surface area contributed by atoms with Crippen LogP contribution in [0.4, 0.5) is 0 Å². The first-order chi connectivity index (χ1) is 12.8. The molecule has 0 spiro atoms. The minimum absolute atomic E-state index is 0.170. The first kappa shape index (κ1) is 20.9. The molecule has 1 amide bonds. The van der Waals surface area contributed by atoms with E-state index in [1.807, 2.05) is 55.5 Å². The Morgan fingerprint density at radius 1 is 1.11 bits per heavy atom. The van der Waals surface area contributed by atoms with Crippen LogP contribution in [0.5, 0.6) is 5.75 Å². The molecule has 0 heterocycles. The van der Waals surface area contributed by atoms with Crippen LogP contribution in [0.25, 0.3) is 0 Å². The molecule has 27 heavy (non-hydrogen) atoms. The monoisotopic (exact) mass is 390 g/mol. The van der Waals surface area contributed by atoms with E-state index in [1.54, 1.807) is 7.11 Å². The van der Waals surface area contributed by atoms with E-state index in [4.69, 9.17) is 4.74 Å². The van der Waals surface area contributed by atoms with Crippen LogP contribution >= 0.6 is 0 Å². The Hall–Kier alpha value is -2.38. The number of carbonyl (C=O) groups excluding carboxylic acids is 1. The van der Waals surface area contributed by atoms with Crippen molar-refractivity contribution in [2.45, 2.75) is 19.9 Å². The Kier molecular flexibility index (Phi) is 7.38. The fourth-order valence-corrected chi connectivity index (χ4v) is 3.43. The molecule has 2 aromatic carbocycles. The Morgan fingerprint density at radius 3 is 2.48 bits per heavy atom. The molecule has 146 valence electrons. The number of rotatable bonds is 9. The second kappa shape index (κ2) is 9.53. The van der Waals surface area contributed by atoms with Crippen molar-refractivity contribution in [1.29, 1.82) is 0 Å². The van der Waals surface area contributed by atoms with Gasteiger partial charge in [-0.05, 0) is 36.6 Å². The van der Waals surface area contributed by atoms with Gasteiger partial charge in [0.2, 0.25) is 15.9 Å². The molecule has 0 saturated heterocycles. The van der Waals surface area contributed by atoms with Gasteiger partial charge in [0.1, 0.15) is 5.75 Å². The van der Waals surface area contributed by atoms with Gasteiger partial charge < -0.3 is 10.1 Å². The molecule has 6 nitrogen and oxygen atoms in total. The van der Waals surface area contributed by atoms with Crippen LogP contribution in [0.1, 0.15) is 16.7 Å². The van der Waals surface area contributed by atoms with Crippen LogP contribution < -0.4 is 10.1 Å². The normalized spacial score (nSPS) is 11.4. The Morgan fingerprint density at radius 2 is 1.81 bits per heavy atom. The maximum Gasteiger partial charge on any atom is 0.235 e. The van der Waals surface area contributed by atoms with E-state index in [2.05, 4.69) is 5.32 Å². The highest BCUT2D eigenvalue weighted by atomic mass is 32.2. The fraction of sp³-hybridized carbons (Fsp3) is 0.350. The van der Waals surface area contributed by atoms with Crippen LogP contribution in [0.2, 0.25) is 0 Å². The van der Waals surface area contributed by atoms with Crippen LogP contribution in [-0.4, -0.2) is 45.1 Å². The van der Waals surface area contributed by atoms with E-state index in [-0.39, 0.29) is 19.0 Å². The lowest BCUT2D eigenvalue weighted by molar-refractivity contribution is -0.121. The van der Waals surface area contributed by atoms with Gasteiger partial charge in [0, 0.05) is 13.1 Å². The van der Waals surface area contributed by atoms with Gasteiger partial charge >= 0.3 is 0 Å². The Balaban J connectivity index is 1.91. The molecule has 1 N–H and O–H groups in total. The predicted molar refractivity (Wildman–Crippen MR) is 106 cm³/mol. The molecule has 0 aliphatic heterocycles. The standard InChI is InChI=1S/C20H26N2O4S/c1-16-6-4-8-18(12-16)14-22(27(3,24)25)15-20(23)21-11-10-17-7-5-9-19(13-17)26-2/h4-9,12-13H,10-11,14-15H2,1-3H3,(H,21,23). The zero-order chi connectivity index (χ0) is 19.9. The lowest BCUT2D eigenvalue weighted by Crippen LogP contribution is -2.40. The number of nitrogens with zero attached hydrogens (tertiary/aromatic N) is 1. The number of amides is 1. The van der Waals surface area contributed by atoms with Crippen molar-refractivity contribution in [3.8, 4) is 5.75 Å². The minimum atomic E-state index is -3.50. The summed E-state index contributed by atoms with van der Waals surface area (Å²) in [6.07, 6.45) is 1.76. The van der Waals surface area contributed by atoms with Gasteiger partial charge in [-0.1, -0.05) is 42.0 Å². The lowest BCUT2D eigenvalue weighted by Gasteiger charge is -2.20. The van der Waals surface area contributed by atoms with Crippen molar-refractivity contribution in [3.05, 3.63) is 65.2 Å². The van der Waals surface area contributed by atoms with Gasteiger partial charge in [0.25, 0.3) is 0 Å².